The van der Waals surface area contributed by atoms with Crippen molar-refractivity contribution in [2.45, 2.75) is 52.1 Å². The maximum Gasteiger partial charge on any atom is 0.0483 e. The van der Waals surface area contributed by atoms with Gasteiger partial charge in [0.2, 0.25) is 0 Å². The van der Waals surface area contributed by atoms with Gasteiger partial charge in [-0.3, -0.25) is 9.80 Å². The molecule has 0 saturated carbocycles. The van der Waals surface area contributed by atoms with Gasteiger partial charge >= 0.3 is 0 Å². The molecule has 124 valence electrons. The zero-order chi connectivity index (χ0) is 16.3. The summed E-state index contributed by atoms with van der Waals surface area (Å²) in [6, 6.07) is 9.43. The quantitative estimate of drug-likeness (QED) is 0.927. The Bertz CT molecular complexity index is 476. The van der Waals surface area contributed by atoms with E-state index in [1.54, 1.807) is 0 Å². The van der Waals surface area contributed by atoms with E-state index in [9.17, 15) is 0 Å². The number of piperazine rings is 1. The molecule has 2 N–H and O–H groups in total. The molecule has 1 aliphatic rings. The highest BCUT2D eigenvalue weighted by Gasteiger charge is 2.35. The Kier molecular flexibility index (Phi) is 5.65. The Morgan fingerprint density at radius 2 is 1.86 bits per heavy atom. The zero-order valence-corrected chi connectivity index (χ0v) is 15.0. The van der Waals surface area contributed by atoms with Crippen molar-refractivity contribution in [3.63, 3.8) is 0 Å². The van der Waals surface area contributed by atoms with E-state index in [0.717, 1.165) is 32.7 Å². The van der Waals surface area contributed by atoms with E-state index in [4.69, 9.17) is 5.73 Å². The van der Waals surface area contributed by atoms with E-state index in [1.165, 1.54) is 11.1 Å². The first kappa shape index (κ1) is 17.5. The maximum atomic E-state index is 5.79. The Labute approximate surface area is 136 Å². The van der Waals surface area contributed by atoms with Crippen molar-refractivity contribution >= 4 is 0 Å². The molecular formula is C19H33N3. The van der Waals surface area contributed by atoms with Crippen molar-refractivity contribution in [1.29, 1.82) is 0 Å². The van der Waals surface area contributed by atoms with Crippen molar-refractivity contribution in [2.75, 3.05) is 32.7 Å². The first-order valence-electron chi connectivity index (χ1n) is 8.62. The number of hydrogen-bond acceptors (Lipinski definition) is 3. The zero-order valence-electron chi connectivity index (χ0n) is 15.0. The maximum absolute atomic E-state index is 5.79. The summed E-state index contributed by atoms with van der Waals surface area (Å²) in [7, 11) is 0. The third-order valence-corrected chi connectivity index (χ3v) is 4.75. The number of nitrogens with zero attached hydrogens (tertiary/aromatic N) is 2. The van der Waals surface area contributed by atoms with E-state index >= 15 is 0 Å². The van der Waals surface area contributed by atoms with Crippen LogP contribution in [0.4, 0.5) is 0 Å². The topological polar surface area (TPSA) is 32.5 Å². The molecule has 0 radical (unpaired) electrons. The van der Waals surface area contributed by atoms with Crippen LogP contribution in [0.5, 0.6) is 0 Å². The fourth-order valence-electron chi connectivity index (χ4n) is 3.63. The number of nitrogens with two attached hydrogens (primary N) is 1. The molecule has 0 amide bonds. The van der Waals surface area contributed by atoms with Crippen LogP contribution in [0.3, 0.4) is 0 Å². The highest BCUT2D eigenvalue weighted by Crippen LogP contribution is 2.35. The smallest absolute Gasteiger partial charge is 0.0483 e. The van der Waals surface area contributed by atoms with Crippen LogP contribution < -0.4 is 5.73 Å². The van der Waals surface area contributed by atoms with E-state index < -0.39 is 0 Å². The molecule has 1 fully saturated rings. The summed E-state index contributed by atoms with van der Waals surface area (Å²) in [5.74, 6) is 0.558. The molecule has 3 heteroatoms. The summed E-state index contributed by atoms with van der Waals surface area (Å²) in [5, 5.41) is 0. The molecule has 1 aromatic carbocycles. The molecule has 1 unspecified atom stereocenters. The monoisotopic (exact) mass is 303 g/mol. The predicted molar refractivity (Wildman–Crippen MR) is 95.2 cm³/mol. The predicted octanol–water partition coefficient (Wildman–Crippen LogP) is 3.23. The summed E-state index contributed by atoms with van der Waals surface area (Å²) < 4.78 is 0. The largest absolute Gasteiger partial charge is 0.329 e. The minimum atomic E-state index is 0.184. The number of rotatable bonds is 4. The standard InChI is InChI=1S/C19H33N3/c1-15(2)16-8-6-7-9-17(16)18-14-21(11-10-20)12-13-22(18)19(3,4)5/h6-9,15,18H,10-14,20H2,1-5H3. The molecule has 22 heavy (non-hydrogen) atoms. The Morgan fingerprint density at radius 1 is 1.18 bits per heavy atom. The van der Waals surface area contributed by atoms with Gasteiger partial charge in [0.1, 0.15) is 0 Å². The fourth-order valence-corrected chi connectivity index (χ4v) is 3.63. The van der Waals surface area contributed by atoms with Gasteiger partial charge in [-0.2, -0.15) is 0 Å². The minimum absolute atomic E-state index is 0.184. The lowest BCUT2D eigenvalue weighted by Crippen LogP contribution is -2.55. The van der Waals surface area contributed by atoms with E-state index in [0.29, 0.717) is 12.0 Å². The second kappa shape index (κ2) is 7.12. The Balaban J connectivity index is 2.37. The Morgan fingerprint density at radius 3 is 2.45 bits per heavy atom. The van der Waals surface area contributed by atoms with Gasteiger partial charge in [-0.25, -0.2) is 0 Å². The van der Waals surface area contributed by atoms with Crippen molar-refractivity contribution < 1.29 is 0 Å². The normalized spacial score (nSPS) is 21.5. The van der Waals surface area contributed by atoms with Crippen LogP contribution in [0, 0.1) is 0 Å². The number of hydrogen-bond donors (Lipinski definition) is 1. The lowest BCUT2D eigenvalue weighted by atomic mass is 9.88. The van der Waals surface area contributed by atoms with Gasteiger partial charge in [0.15, 0.2) is 0 Å². The third kappa shape index (κ3) is 3.89. The molecule has 2 rings (SSSR count). The van der Waals surface area contributed by atoms with Crippen LogP contribution in [0.2, 0.25) is 0 Å². The van der Waals surface area contributed by atoms with Crippen LogP contribution in [0.1, 0.15) is 57.7 Å². The minimum Gasteiger partial charge on any atom is -0.329 e. The summed E-state index contributed by atoms with van der Waals surface area (Å²) in [6.45, 7) is 16.6. The first-order valence-corrected chi connectivity index (χ1v) is 8.62. The molecule has 1 aliphatic heterocycles. The lowest BCUT2D eigenvalue weighted by Gasteiger charge is -2.48. The van der Waals surface area contributed by atoms with Gasteiger partial charge < -0.3 is 5.73 Å². The molecule has 0 bridgehead atoms. The van der Waals surface area contributed by atoms with E-state index in [2.05, 4.69) is 68.7 Å². The van der Waals surface area contributed by atoms with E-state index in [1.807, 2.05) is 0 Å². The van der Waals surface area contributed by atoms with Gasteiger partial charge in [0.25, 0.3) is 0 Å². The van der Waals surface area contributed by atoms with Gasteiger partial charge in [0.05, 0.1) is 0 Å². The van der Waals surface area contributed by atoms with Gasteiger partial charge in [-0.05, 0) is 37.8 Å². The van der Waals surface area contributed by atoms with Crippen LogP contribution in [0.15, 0.2) is 24.3 Å². The molecule has 1 saturated heterocycles. The Hall–Kier alpha value is -0.900. The molecule has 3 nitrogen and oxygen atoms in total. The van der Waals surface area contributed by atoms with Gasteiger partial charge in [-0.1, -0.05) is 38.1 Å². The second-order valence-corrected chi connectivity index (χ2v) is 7.75. The molecule has 1 atom stereocenters. The van der Waals surface area contributed by atoms with Crippen molar-refractivity contribution in [2.24, 2.45) is 5.73 Å². The van der Waals surface area contributed by atoms with Crippen LogP contribution in [0.25, 0.3) is 0 Å². The van der Waals surface area contributed by atoms with Crippen molar-refractivity contribution in [3.8, 4) is 0 Å². The summed E-state index contributed by atoms with van der Waals surface area (Å²) in [6.07, 6.45) is 0. The van der Waals surface area contributed by atoms with Crippen LogP contribution in [-0.2, 0) is 0 Å². The van der Waals surface area contributed by atoms with Crippen LogP contribution in [-0.4, -0.2) is 48.1 Å². The van der Waals surface area contributed by atoms with Gasteiger partial charge in [0, 0.05) is 44.3 Å². The highest BCUT2D eigenvalue weighted by atomic mass is 15.3. The molecule has 1 aromatic rings. The average Bonchev–Trinajstić information content (AvgIpc) is 2.46. The molecule has 0 aromatic heterocycles. The fraction of sp³-hybridized carbons (Fsp3) is 0.684. The van der Waals surface area contributed by atoms with Crippen molar-refractivity contribution in [3.05, 3.63) is 35.4 Å². The third-order valence-electron chi connectivity index (χ3n) is 4.75. The van der Waals surface area contributed by atoms with Crippen LogP contribution >= 0.6 is 0 Å². The first-order chi connectivity index (χ1) is 10.3. The molecule has 1 heterocycles. The van der Waals surface area contributed by atoms with E-state index in [-0.39, 0.29) is 5.54 Å². The lowest BCUT2D eigenvalue weighted by molar-refractivity contribution is 0.00954. The summed E-state index contributed by atoms with van der Waals surface area (Å²) in [5.41, 5.74) is 8.95. The SMILES string of the molecule is CC(C)c1ccccc1C1CN(CCN)CCN1C(C)(C)C. The highest BCUT2D eigenvalue weighted by molar-refractivity contribution is 5.33. The molecule has 0 aliphatic carbocycles. The average molecular weight is 303 g/mol. The molecular weight excluding hydrogens is 270 g/mol. The molecule has 0 spiro atoms. The number of benzene rings is 1. The summed E-state index contributed by atoms with van der Waals surface area (Å²) >= 11 is 0. The van der Waals surface area contributed by atoms with Gasteiger partial charge in [-0.15, -0.1) is 0 Å². The summed E-state index contributed by atoms with van der Waals surface area (Å²) in [4.78, 5) is 5.19. The van der Waals surface area contributed by atoms with Crippen molar-refractivity contribution in [1.82, 2.24) is 9.80 Å². The second-order valence-electron chi connectivity index (χ2n) is 7.75.